The van der Waals surface area contributed by atoms with Gasteiger partial charge in [-0.15, -0.1) is 11.3 Å². The van der Waals surface area contributed by atoms with Gasteiger partial charge < -0.3 is 10.1 Å². The van der Waals surface area contributed by atoms with E-state index in [0.29, 0.717) is 10.8 Å². The maximum absolute atomic E-state index is 12.7. The summed E-state index contributed by atoms with van der Waals surface area (Å²) in [7, 11) is 3.25. The van der Waals surface area contributed by atoms with Crippen LogP contribution in [0.2, 0.25) is 0 Å². The van der Waals surface area contributed by atoms with Crippen LogP contribution in [0.5, 0.6) is 5.75 Å². The molecular formula is C19H18N4O4S. The van der Waals surface area contributed by atoms with Crippen LogP contribution < -0.4 is 15.4 Å². The summed E-state index contributed by atoms with van der Waals surface area (Å²) in [5.41, 5.74) is 2.18. The molecule has 2 N–H and O–H groups in total. The highest BCUT2D eigenvalue weighted by Gasteiger charge is 2.18. The molecule has 2 aromatic carbocycles. The SMILES string of the molecule is CNc1ccc([N+](=O)[O-])cc1C(=O)Nc1nc(-c2ccc(OC)cc2)c(C)s1. The average molecular weight is 398 g/mol. The second kappa shape index (κ2) is 8.05. The monoisotopic (exact) mass is 398 g/mol. The molecule has 0 radical (unpaired) electrons. The zero-order chi connectivity index (χ0) is 20.3. The third kappa shape index (κ3) is 3.94. The number of hydrogen-bond acceptors (Lipinski definition) is 7. The van der Waals surface area contributed by atoms with Crippen molar-refractivity contribution < 1.29 is 14.5 Å². The zero-order valence-electron chi connectivity index (χ0n) is 15.5. The molecule has 0 fully saturated rings. The molecule has 0 aliphatic rings. The van der Waals surface area contributed by atoms with Gasteiger partial charge in [0, 0.05) is 35.3 Å². The number of nitrogens with one attached hydrogen (secondary N) is 2. The minimum atomic E-state index is -0.536. The first-order valence-corrected chi connectivity index (χ1v) is 9.14. The van der Waals surface area contributed by atoms with Crippen LogP contribution in [0, 0.1) is 17.0 Å². The minimum Gasteiger partial charge on any atom is -0.497 e. The van der Waals surface area contributed by atoms with Gasteiger partial charge in [-0.05, 0) is 37.3 Å². The highest BCUT2D eigenvalue weighted by molar-refractivity contribution is 7.16. The number of methoxy groups -OCH3 is 1. The van der Waals surface area contributed by atoms with Crippen LogP contribution in [0.25, 0.3) is 11.3 Å². The fraction of sp³-hybridized carbons (Fsp3) is 0.158. The maximum atomic E-state index is 12.7. The number of amides is 1. The smallest absolute Gasteiger partial charge is 0.270 e. The Kier molecular flexibility index (Phi) is 5.55. The number of rotatable bonds is 6. The number of non-ortho nitro benzene ring substituents is 1. The lowest BCUT2D eigenvalue weighted by Gasteiger charge is -2.08. The molecular weight excluding hydrogens is 380 g/mol. The molecule has 9 heteroatoms. The van der Waals surface area contributed by atoms with E-state index in [9.17, 15) is 14.9 Å². The molecule has 0 saturated carbocycles. The van der Waals surface area contributed by atoms with Crippen molar-refractivity contribution in [1.82, 2.24) is 4.98 Å². The van der Waals surface area contributed by atoms with Crippen LogP contribution in [0.15, 0.2) is 42.5 Å². The van der Waals surface area contributed by atoms with E-state index in [-0.39, 0.29) is 11.3 Å². The Morgan fingerprint density at radius 3 is 2.54 bits per heavy atom. The van der Waals surface area contributed by atoms with Gasteiger partial charge in [-0.1, -0.05) is 0 Å². The lowest BCUT2D eigenvalue weighted by Crippen LogP contribution is -2.14. The third-order valence-corrected chi connectivity index (χ3v) is 4.99. The van der Waals surface area contributed by atoms with Crippen molar-refractivity contribution in [3.05, 3.63) is 63.0 Å². The van der Waals surface area contributed by atoms with Gasteiger partial charge in [0.2, 0.25) is 0 Å². The standard InChI is InChI=1S/C19H18N4O4S/c1-11-17(12-4-7-14(27-3)8-5-12)21-19(28-11)22-18(24)15-10-13(23(25)26)6-9-16(15)20-2/h4-10,20H,1-3H3,(H,21,22,24). The number of thiazole rings is 1. The summed E-state index contributed by atoms with van der Waals surface area (Å²) < 4.78 is 5.16. The number of nitro groups is 1. The number of hydrogen-bond donors (Lipinski definition) is 2. The van der Waals surface area contributed by atoms with Crippen molar-refractivity contribution in [3.63, 3.8) is 0 Å². The molecule has 1 heterocycles. The number of aromatic nitrogens is 1. The van der Waals surface area contributed by atoms with Gasteiger partial charge in [0.25, 0.3) is 11.6 Å². The molecule has 28 heavy (non-hydrogen) atoms. The fourth-order valence-corrected chi connectivity index (χ4v) is 3.51. The van der Waals surface area contributed by atoms with Gasteiger partial charge in [-0.25, -0.2) is 4.98 Å². The van der Waals surface area contributed by atoms with Crippen molar-refractivity contribution in [2.24, 2.45) is 0 Å². The number of aryl methyl sites for hydroxylation is 1. The fourth-order valence-electron chi connectivity index (χ4n) is 2.68. The number of nitrogens with zero attached hydrogens (tertiary/aromatic N) is 2. The average Bonchev–Trinajstić information content (AvgIpc) is 3.07. The Morgan fingerprint density at radius 1 is 1.21 bits per heavy atom. The highest BCUT2D eigenvalue weighted by Crippen LogP contribution is 2.32. The molecule has 144 valence electrons. The second-order valence-electron chi connectivity index (χ2n) is 5.84. The van der Waals surface area contributed by atoms with Crippen molar-refractivity contribution in [2.45, 2.75) is 6.92 Å². The quantitative estimate of drug-likeness (QED) is 0.473. The van der Waals surface area contributed by atoms with Gasteiger partial charge in [-0.2, -0.15) is 0 Å². The lowest BCUT2D eigenvalue weighted by atomic mass is 10.1. The predicted molar refractivity (Wildman–Crippen MR) is 109 cm³/mol. The number of carbonyl (C=O) groups excluding carboxylic acids is 1. The van der Waals surface area contributed by atoms with Crippen molar-refractivity contribution in [3.8, 4) is 17.0 Å². The number of nitro benzene ring substituents is 1. The van der Waals surface area contributed by atoms with Gasteiger partial charge in [0.15, 0.2) is 5.13 Å². The maximum Gasteiger partial charge on any atom is 0.270 e. The number of anilines is 2. The third-order valence-electron chi connectivity index (χ3n) is 4.11. The summed E-state index contributed by atoms with van der Waals surface area (Å²) in [4.78, 5) is 28.6. The van der Waals surface area contributed by atoms with Crippen LogP contribution in [0.1, 0.15) is 15.2 Å². The summed E-state index contributed by atoms with van der Waals surface area (Å²) in [6, 6.07) is 11.6. The largest absolute Gasteiger partial charge is 0.497 e. The van der Waals surface area contributed by atoms with Gasteiger partial charge >= 0.3 is 0 Å². The van der Waals surface area contributed by atoms with Crippen LogP contribution in [0.4, 0.5) is 16.5 Å². The molecule has 0 unspecified atom stereocenters. The van der Waals surface area contributed by atoms with E-state index in [1.807, 2.05) is 31.2 Å². The van der Waals surface area contributed by atoms with E-state index in [4.69, 9.17) is 4.74 Å². The highest BCUT2D eigenvalue weighted by atomic mass is 32.1. The molecule has 3 aromatic rings. The summed E-state index contributed by atoms with van der Waals surface area (Å²) in [6.07, 6.45) is 0. The van der Waals surface area contributed by atoms with Crippen molar-refractivity contribution >= 4 is 33.8 Å². The van der Waals surface area contributed by atoms with Gasteiger partial charge in [0.1, 0.15) is 5.75 Å². The second-order valence-corrected chi connectivity index (χ2v) is 7.05. The van der Waals surface area contributed by atoms with E-state index in [1.54, 1.807) is 14.2 Å². The van der Waals surface area contributed by atoms with E-state index in [0.717, 1.165) is 21.9 Å². The van der Waals surface area contributed by atoms with E-state index in [2.05, 4.69) is 15.6 Å². The molecule has 0 atom stereocenters. The molecule has 0 aliphatic heterocycles. The molecule has 1 amide bonds. The Hall–Kier alpha value is -3.46. The molecule has 3 rings (SSSR count). The van der Waals surface area contributed by atoms with E-state index >= 15 is 0 Å². The first-order chi connectivity index (χ1) is 13.4. The van der Waals surface area contributed by atoms with Gasteiger partial charge in [-0.3, -0.25) is 20.2 Å². The molecule has 0 saturated heterocycles. The Bertz CT molecular complexity index is 1030. The normalized spacial score (nSPS) is 10.4. The number of benzene rings is 2. The first-order valence-electron chi connectivity index (χ1n) is 8.32. The number of carbonyl (C=O) groups is 1. The molecule has 8 nitrogen and oxygen atoms in total. The topological polar surface area (TPSA) is 106 Å². The van der Waals surface area contributed by atoms with E-state index in [1.165, 1.54) is 29.5 Å². The van der Waals surface area contributed by atoms with Crippen LogP contribution in [0.3, 0.4) is 0 Å². The van der Waals surface area contributed by atoms with Crippen LogP contribution in [-0.2, 0) is 0 Å². The molecule has 1 aromatic heterocycles. The molecule has 0 spiro atoms. The predicted octanol–water partition coefficient (Wildman–Crippen LogP) is 4.33. The van der Waals surface area contributed by atoms with Crippen LogP contribution >= 0.6 is 11.3 Å². The van der Waals surface area contributed by atoms with Gasteiger partial charge in [0.05, 0.1) is 23.3 Å². The summed E-state index contributed by atoms with van der Waals surface area (Å²) in [5.74, 6) is 0.276. The Labute approximate surface area is 165 Å². The molecule has 0 bridgehead atoms. The summed E-state index contributed by atoms with van der Waals surface area (Å²) >= 11 is 1.34. The van der Waals surface area contributed by atoms with Crippen molar-refractivity contribution in [1.29, 1.82) is 0 Å². The molecule has 0 aliphatic carbocycles. The van der Waals surface area contributed by atoms with E-state index < -0.39 is 10.8 Å². The summed E-state index contributed by atoms with van der Waals surface area (Å²) in [6.45, 7) is 1.92. The number of ether oxygens (including phenoxy) is 1. The lowest BCUT2D eigenvalue weighted by molar-refractivity contribution is -0.384. The minimum absolute atomic E-state index is 0.154. The van der Waals surface area contributed by atoms with Crippen molar-refractivity contribution in [2.75, 3.05) is 24.8 Å². The summed E-state index contributed by atoms with van der Waals surface area (Å²) in [5, 5.41) is 17.0. The zero-order valence-corrected chi connectivity index (χ0v) is 16.3. The van der Waals surface area contributed by atoms with Crippen LogP contribution in [-0.4, -0.2) is 30.0 Å². The Morgan fingerprint density at radius 2 is 1.93 bits per heavy atom. The Balaban J connectivity index is 1.87. The first kappa shape index (κ1) is 19.3.